The SMILES string of the molecule is O=c1oc(O)c(C=Nc2cccc3cccnc23)c2ccccc12. The zero-order valence-electron chi connectivity index (χ0n) is 12.5. The summed E-state index contributed by atoms with van der Waals surface area (Å²) in [5.74, 6) is -0.448. The Hall–Kier alpha value is -3.47. The van der Waals surface area contributed by atoms with Gasteiger partial charge < -0.3 is 9.52 Å². The number of hydrogen-bond acceptors (Lipinski definition) is 5. The standard InChI is InChI=1S/C19H12N2O3/c22-18-14-8-2-1-7-13(14)15(19(23)24-18)11-21-16-9-3-5-12-6-4-10-20-17(12)16/h1-11,23H. The Bertz CT molecular complexity index is 1140. The highest BCUT2D eigenvalue weighted by molar-refractivity contribution is 6.02. The smallest absolute Gasteiger partial charge is 0.346 e. The number of rotatable bonds is 2. The van der Waals surface area contributed by atoms with E-state index in [-0.39, 0.29) is 0 Å². The number of aromatic hydroxyl groups is 1. The molecule has 0 amide bonds. The number of pyridine rings is 1. The molecule has 116 valence electrons. The lowest BCUT2D eigenvalue weighted by Crippen LogP contribution is -2.01. The Labute approximate surface area is 136 Å². The molecule has 0 aliphatic carbocycles. The van der Waals surface area contributed by atoms with Crippen LogP contribution in [0.15, 0.2) is 75.0 Å². The van der Waals surface area contributed by atoms with E-state index in [0.717, 1.165) is 10.9 Å². The third kappa shape index (κ3) is 2.32. The highest BCUT2D eigenvalue weighted by atomic mass is 16.5. The van der Waals surface area contributed by atoms with Gasteiger partial charge in [-0.2, -0.15) is 0 Å². The van der Waals surface area contributed by atoms with Crippen molar-refractivity contribution in [3.05, 3.63) is 76.8 Å². The van der Waals surface area contributed by atoms with Crippen molar-refractivity contribution >= 4 is 33.6 Å². The van der Waals surface area contributed by atoms with Crippen LogP contribution in [0.1, 0.15) is 5.56 Å². The molecule has 5 nitrogen and oxygen atoms in total. The van der Waals surface area contributed by atoms with Crippen molar-refractivity contribution in [2.45, 2.75) is 0 Å². The van der Waals surface area contributed by atoms with Gasteiger partial charge in [-0.15, -0.1) is 0 Å². The largest absolute Gasteiger partial charge is 0.480 e. The lowest BCUT2D eigenvalue weighted by Gasteiger charge is -2.03. The second kappa shape index (κ2) is 5.62. The quantitative estimate of drug-likeness (QED) is 0.571. The molecule has 1 N–H and O–H groups in total. The molecule has 0 fully saturated rings. The average molecular weight is 316 g/mol. The maximum atomic E-state index is 11.8. The summed E-state index contributed by atoms with van der Waals surface area (Å²) in [5.41, 5.74) is 1.21. The van der Waals surface area contributed by atoms with Crippen LogP contribution in [-0.4, -0.2) is 16.3 Å². The van der Waals surface area contributed by atoms with Crippen LogP contribution in [0.5, 0.6) is 5.95 Å². The van der Waals surface area contributed by atoms with Gasteiger partial charge in [0.05, 0.1) is 22.2 Å². The summed E-state index contributed by atoms with van der Waals surface area (Å²) in [6.45, 7) is 0. The normalized spacial score (nSPS) is 11.5. The molecule has 0 radical (unpaired) electrons. The summed E-state index contributed by atoms with van der Waals surface area (Å²) < 4.78 is 4.89. The van der Waals surface area contributed by atoms with Gasteiger partial charge in [0.25, 0.3) is 5.95 Å². The van der Waals surface area contributed by atoms with E-state index >= 15 is 0 Å². The number of fused-ring (bicyclic) bond motifs is 2. The van der Waals surface area contributed by atoms with Crippen molar-refractivity contribution < 1.29 is 9.52 Å². The van der Waals surface area contributed by atoms with Crippen LogP contribution in [0.2, 0.25) is 0 Å². The lowest BCUT2D eigenvalue weighted by atomic mass is 10.1. The summed E-state index contributed by atoms with van der Waals surface area (Å²) in [6, 6.07) is 16.4. The van der Waals surface area contributed by atoms with Crippen LogP contribution in [0, 0.1) is 0 Å². The minimum Gasteiger partial charge on any atom is -0.480 e. The topological polar surface area (TPSA) is 75.7 Å². The monoisotopic (exact) mass is 316 g/mol. The third-order valence-corrected chi connectivity index (χ3v) is 3.80. The Kier molecular flexibility index (Phi) is 3.31. The predicted molar refractivity (Wildman–Crippen MR) is 93.1 cm³/mol. The van der Waals surface area contributed by atoms with Crippen LogP contribution in [-0.2, 0) is 0 Å². The van der Waals surface area contributed by atoms with Crippen LogP contribution >= 0.6 is 0 Å². The minimum atomic E-state index is -0.577. The summed E-state index contributed by atoms with van der Waals surface area (Å²) in [4.78, 5) is 20.6. The van der Waals surface area contributed by atoms with E-state index in [9.17, 15) is 9.90 Å². The molecule has 24 heavy (non-hydrogen) atoms. The zero-order valence-corrected chi connectivity index (χ0v) is 12.5. The zero-order chi connectivity index (χ0) is 16.5. The van der Waals surface area contributed by atoms with E-state index < -0.39 is 11.6 Å². The van der Waals surface area contributed by atoms with Crippen molar-refractivity contribution in [1.29, 1.82) is 0 Å². The van der Waals surface area contributed by atoms with Gasteiger partial charge in [0.1, 0.15) is 0 Å². The Morgan fingerprint density at radius 3 is 2.67 bits per heavy atom. The fraction of sp³-hybridized carbons (Fsp3) is 0. The third-order valence-electron chi connectivity index (χ3n) is 3.80. The number of hydrogen-bond donors (Lipinski definition) is 1. The van der Waals surface area contributed by atoms with Crippen LogP contribution < -0.4 is 5.63 Å². The van der Waals surface area contributed by atoms with Crippen molar-refractivity contribution in [1.82, 2.24) is 4.98 Å². The van der Waals surface area contributed by atoms with E-state index in [0.29, 0.717) is 22.0 Å². The minimum absolute atomic E-state index is 0.359. The lowest BCUT2D eigenvalue weighted by molar-refractivity contribution is 0.312. The molecule has 2 aromatic heterocycles. The summed E-state index contributed by atoms with van der Waals surface area (Å²) in [5, 5.41) is 12.0. The van der Waals surface area contributed by atoms with E-state index in [4.69, 9.17) is 4.42 Å². The summed E-state index contributed by atoms with van der Waals surface area (Å²) >= 11 is 0. The molecule has 0 unspecified atom stereocenters. The van der Waals surface area contributed by atoms with Gasteiger partial charge in [-0.25, -0.2) is 4.79 Å². The van der Waals surface area contributed by atoms with Gasteiger partial charge >= 0.3 is 5.63 Å². The molecule has 2 aromatic carbocycles. The van der Waals surface area contributed by atoms with Crippen molar-refractivity contribution in [2.24, 2.45) is 4.99 Å². The number of aliphatic imine (C=N–C) groups is 1. The highest BCUT2D eigenvalue weighted by Gasteiger charge is 2.11. The molecule has 0 aliphatic heterocycles. The van der Waals surface area contributed by atoms with Crippen LogP contribution in [0.25, 0.3) is 21.7 Å². The molecule has 0 saturated carbocycles. The molecule has 5 heteroatoms. The second-order valence-corrected chi connectivity index (χ2v) is 5.26. The average Bonchev–Trinajstić information content (AvgIpc) is 2.61. The molecule has 4 rings (SSSR count). The van der Waals surface area contributed by atoms with Gasteiger partial charge in [-0.3, -0.25) is 9.98 Å². The molecule has 0 spiro atoms. The molecule has 0 aliphatic rings. The molecule has 4 aromatic rings. The maximum absolute atomic E-state index is 11.8. The van der Waals surface area contributed by atoms with Crippen molar-refractivity contribution in [3.63, 3.8) is 0 Å². The molecule has 0 bridgehead atoms. The predicted octanol–water partition coefficient (Wildman–Crippen LogP) is 3.80. The molecule has 0 saturated heterocycles. The maximum Gasteiger partial charge on any atom is 0.346 e. The number of benzene rings is 2. The Morgan fingerprint density at radius 1 is 1.00 bits per heavy atom. The van der Waals surface area contributed by atoms with Crippen LogP contribution in [0.3, 0.4) is 0 Å². The first-order valence-corrected chi connectivity index (χ1v) is 7.36. The molecular weight excluding hydrogens is 304 g/mol. The fourth-order valence-corrected chi connectivity index (χ4v) is 2.66. The van der Waals surface area contributed by atoms with Gasteiger partial charge in [-0.05, 0) is 18.2 Å². The van der Waals surface area contributed by atoms with Crippen LogP contribution in [0.4, 0.5) is 5.69 Å². The first kappa shape index (κ1) is 14.1. The number of nitrogens with zero attached hydrogens (tertiary/aromatic N) is 2. The van der Waals surface area contributed by atoms with Gasteiger partial charge in [0.2, 0.25) is 0 Å². The molecular formula is C19H12N2O3. The van der Waals surface area contributed by atoms with Gasteiger partial charge in [-0.1, -0.05) is 36.4 Å². The Morgan fingerprint density at radius 2 is 1.79 bits per heavy atom. The molecule has 0 atom stereocenters. The number of aromatic nitrogens is 1. The molecule has 2 heterocycles. The van der Waals surface area contributed by atoms with E-state index in [2.05, 4.69) is 9.98 Å². The highest BCUT2D eigenvalue weighted by Crippen LogP contribution is 2.26. The summed E-state index contributed by atoms with van der Waals surface area (Å²) in [6.07, 6.45) is 3.19. The number of para-hydroxylation sites is 1. The van der Waals surface area contributed by atoms with Crippen molar-refractivity contribution in [3.8, 4) is 5.95 Å². The van der Waals surface area contributed by atoms with Gasteiger partial charge in [0.15, 0.2) is 0 Å². The second-order valence-electron chi connectivity index (χ2n) is 5.26. The summed E-state index contributed by atoms with van der Waals surface area (Å²) in [7, 11) is 0. The van der Waals surface area contributed by atoms with Gasteiger partial charge in [0, 0.05) is 23.2 Å². The first-order valence-electron chi connectivity index (χ1n) is 7.36. The van der Waals surface area contributed by atoms with Crippen molar-refractivity contribution in [2.75, 3.05) is 0 Å². The van der Waals surface area contributed by atoms with E-state index in [1.54, 1.807) is 30.5 Å². The first-order chi connectivity index (χ1) is 11.7. The Balaban J connectivity index is 1.90. The fourth-order valence-electron chi connectivity index (χ4n) is 2.66. The van der Waals surface area contributed by atoms with E-state index in [1.807, 2.05) is 30.3 Å². The van der Waals surface area contributed by atoms with E-state index in [1.165, 1.54) is 6.21 Å².